The Labute approximate surface area is 110 Å². The van der Waals surface area contributed by atoms with Crippen LogP contribution in [0.1, 0.15) is 0 Å². The Hall–Kier alpha value is -2.01. The number of carbonyl (C=O) groups excluding carboxylic acids is 1. The maximum absolute atomic E-state index is 11.8. The average Bonchev–Trinajstić information content (AvgIpc) is 2.31. The van der Waals surface area contributed by atoms with Crippen molar-refractivity contribution in [2.45, 2.75) is 0 Å². The maximum atomic E-state index is 11.8. The van der Waals surface area contributed by atoms with E-state index in [-0.39, 0.29) is 13.1 Å². The lowest BCUT2D eigenvalue weighted by Crippen LogP contribution is -2.38. The summed E-state index contributed by atoms with van der Waals surface area (Å²) in [6, 6.07) is 6.03. The van der Waals surface area contributed by atoms with Gasteiger partial charge >= 0.3 is 12.0 Å². The Kier molecular flexibility index (Phi) is 5.20. The van der Waals surface area contributed by atoms with Crippen LogP contribution in [0.3, 0.4) is 0 Å². The fraction of sp³-hybridized carbons (Fsp3) is 0.167. The van der Waals surface area contributed by atoms with E-state index in [1.165, 1.54) is 6.08 Å². The van der Waals surface area contributed by atoms with Gasteiger partial charge in [-0.3, -0.25) is 4.79 Å². The molecule has 2 N–H and O–H groups in total. The van der Waals surface area contributed by atoms with E-state index in [1.54, 1.807) is 24.3 Å². The van der Waals surface area contributed by atoms with Crippen molar-refractivity contribution in [3.05, 3.63) is 41.9 Å². The molecule has 0 aromatic heterocycles. The number of urea groups is 1. The van der Waals surface area contributed by atoms with Gasteiger partial charge in [-0.05, 0) is 24.3 Å². The van der Waals surface area contributed by atoms with Crippen LogP contribution in [0.5, 0.6) is 0 Å². The summed E-state index contributed by atoms with van der Waals surface area (Å²) in [4.78, 5) is 23.5. The molecule has 6 heteroatoms. The van der Waals surface area contributed by atoms with E-state index in [1.807, 2.05) is 0 Å². The van der Waals surface area contributed by atoms with Gasteiger partial charge in [0.25, 0.3) is 0 Å². The van der Waals surface area contributed by atoms with Crippen LogP contribution < -0.4 is 5.32 Å². The number of anilines is 1. The fourth-order valence-electron chi connectivity index (χ4n) is 1.27. The van der Waals surface area contributed by atoms with Crippen LogP contribution in [0.25, 0.3) is 0 Å². The first-order valence-corrected chi connectivity index (χ1v) is 5.55. The molecule has 0 radical (unpaired) electrons. The van der Waals surface area contributed by atoms with E-state index < -0.39 is 12.0 Å². The Morgan fingerprint density at radius 3 is 2.50 bits per heavy atom. The van der Waals surface area contributed by atoms with E-state index in [2.05, 4.69) is 11.9 Å². The Morgan fingerprint density at radius 1 is 1.39 bits per heavy atom. The number of rotatable bonds is 5. The molecule has 0 heterocycles. The summed E-state index contributed by atoms with van der Waals surface area (Å²) >= 11 is 5.72. The number of amides is 2. The number of aliphatic carboxylic acids is 1. The molecule has 0 saturated carbocycles. The number of nitrogens with zero attached hydrogens (tertiary/aromatic N) is 1. The molecule has 0 spiro atoms. The molecular weight excluding hydrogens is 256 g/mol. The molecule has 1 aromatic rings. The molecule has 0 aliphatic heterocycles. The number of halogens is 1. The summed E-state index contributed by atoms with van der Waals surface area (Å²) in [5, 5.41) is 11.8. The molecule has 96 valence electrons. The predicted molar refractivity (Wildman–Crippen MR) is 69.9 cm³/mol. The van der Waals surface area contributed by atoms with Gasteiger partial charge in [-0.2, -0.15) is 0 Å². The minimum Gasteiger partial charge on any atom is -0.480 e. The standard InChI is InChI=1S/C12H13ClN2O3/c1-2-7-15(8-11(16)17)12(18)14-10-5-3-9(13)4-6-10/h2-6H,1,7-8H2,(H,14,18)(H,16,17). The highest BCUT2D eigenvalue weighted by Gasteiger charge is 2.15. The number of carbonyl (C=O) groups is 2. The fourth-order valence-corrected chi connectivity index (χ4v) is 1.40. The molecule has 0 aliphatic rings. The van der Waals surface area contributed by atoms with Crippen molar-refractivity contribution in [2.75, 3.05) is 18.4 Å². The van der Waals surface area contributed by atoms with Crippen molar-refractivity contribution < 1.29 is 14.7 Å². The molecule has 0 bridgehead atoms. The van der Waals surface area contributed by atoms with Crippen LogP contribution in [0, 0.1) is 0 Å². The van der Waals surface area contributed by atoms with Crippen LogP contribution in [-0.4, -0.2) is 35.1 Å². The number of carboxylic acid groups (broad SMARTS) is 1. The molecule has 2 amide bonds. The van der Waals surface area contributed by atoms with Crippen molar-refractivity contribution in [3.8, 4) is 0 Å². The second-order valence-electron chi connectivity index (χ2n) is 3.50. The monoisotopic (exact) mass is 268 g/mol. The molecule has 5 nitrogen and oxygen atoms in total. The highest BCUT2D eigenvalue weighted by atomic mass is 35.5. The number of nitrogens with one attached hydrogen (secondary N) is 1. The van der Waals surface area contributed by atoms with E-state index >= 15 is 0 Å². The number of benzene rings is 1. The zero-order chi connectivity index (χ0) is 13.5. The number of carboxylic acids is 1. The molecule has 0 unspecified atom stereocenters. The van der Waals surface area contributed by atoms with E-state index in [0.717, 1.165) is 4.90 Å². The Morgan fingerprint density at radius 2 is 2.00 bits per heavy atom. The second kappa shape index (κ2) is 6.66. The zero-order valence-electron chi connectivity index (χ0n) is 9.60. The van der Waals surface area contributed by atoms with Crippen molar-refractivity contribution in [3.63, 3.8) is 0 Å². The van der Waals surface area contributed by atoms with Crippen molar-refractivity contribution in [1.82, 2.24) is 4.90 Å². The summed E-state index contributed by atoms with van der Waals surface area (Å²) in [7, 11) is 0. The summed E-state index contributed by atoms with van der Waals surface area (Å²) in [6.45, 7) is 3.25. The molecule has 1 rings (SSSR count). The molecule has 0 aliphatic carbocycles. The summed E-state index contributed by atoms with van der Waals surface area (Å²) in [5.74, 6) is -1.08. The Bertz CT molecular complexity index is 445. The SMILES string of the molecule is C=CCN(CC(=O)O)C(=O)Nc1ccc(Cl)cc1. The lowest BCUT2D eigenvalue weighted by Gasteiger charge is -2.19. The van der Waals surface area contributed by atoms with Gasteiger partial charge in [0, 0.05) is 17.3 Å². The molecular formula is C12H13ClN2O3. The van der Waals surface area contributed by atoms with Gasteiger partial charge in [-0.15, -0.1) is 6.58 Å². The third-order valence-electron chi connectivity index (χ3n) is 2.06. The van der Waals surface area contributed by atoms with Crippen molar-refractivity contribution in [2.24, 2.45) is 0 Å². The highest BCUT2D eigenvalue weighted by Crippen LogP contribution is 2.13. The van der Waals surface area contributed by atoms with Gasteiger partial charge in [0.15, 0.2) is 0 Å². The topological polar surface area (TPSA) is 69.6 Å². The lowest BCUT2D eigenvalue weighted by molar-refractivity contribution is -0.137. The van der Waals surface area contributed by atoms with Gasteiger partial charge in [-0.1, -0.05) is 17.7 Å². The molecule has 1 aromatic carbocycles. The maximum Gasteiger partial charge on any atom is 0.323 e. The van der Waals surface area contributed by atoms with Gasteiger partial charge < -0.3 is 15.3 Å². The first-order chi connectivity index (χ1) is 8.52. The van der Waals surface area contributed by atoms with Crippen molar-refractivity contribution in [1.29, 1.82) is 0 Å². The largest absolute Gasteiger partial charge is 0.480 e. The van der Waals surface area contributed by atoms with Gasteiger partial charge in [0.05, 0.1) is 0 Å². The summed E-state index contributed by atoms with van der Waals surface area (Å²) in [6.07, 6.45) is 1.46. The zero-order valence-corrected chi connectivity index (χ0v) is 10.4. The smallest absolute Gasteiger partial charge is 0.323 e. The second-order valence-corrected chi connectivity index (χ2v) is 3.94. The van der Waals surface area contributed by atoms with Crippen LogP contribution in [0.2, 0.25) is 5.02 Å². The third-order valence-corrected chi connectivity index (χ3v) is 2.31. The van der Waals surface area contributed by atoms with E-state index in [0.29, 0.717) is 10.7 Å². The predicted octanol–water partition coefficient (Wildman–Crippen LogP) is 2.44. The van der Waals surface area contributed by atoms with Gasteiger partial charge in [0.1, 0.15) is 6.54 Å². The highest BCUT2D eigenvalue weighted by molar-refractivity contribution is 6.30. The average molecular weight is 269 g/mol. The minimum atomic E-state index is -1.08. The molecule has 18 heavy (non-hydrogen) atoms. The molecule has 0 atom stereocenters. The first kappa shape index (κ1) is 14.1. The Balaban J connectivity index is 2.68. The van der Waals surface area contributed by atoms with Gasteiger partial charge in [-0.25, -0.2) is 4.79 Å². The minimum absolute atomic E-state index is 0.158. The summed E-state index contributed by atoms with van der Waals surface area (Å²) < 4.78 is 0. The first-order valence-electron chi connectivity index (χ1n) is 5.17. The van der Waals surface area contributed by atoms with E-state index in [4.69, 9.17) is 16.7 Å². The number of hydrogen-bond donors (Lipinski definition) is 2. The molecule has 0 fully saturated rings. The number of hydrogen-bond acceptors (Lipinski definition) is 2. The quantitative estimate of drug-likeness (QED) is 0.806. The van der Waals surface area contributed by atoms with Crippen molar-refractivity contribution >= 4 is 29.3 Å². The van der Waals surface area contributed by atoms with Crippen LogP contribution in [-0.2, 0) is 4.79 Å². The van der Waals surface area contributed by atoms with Crippen LogP contribution >= 0.6 is 11.6 Å². The third kappa shape index (κ3) is 4.47. The van der Waals surface area contributed by atoms with E-state index in [9.17, 15) is 9.59 Å². The lowest BCUT2D eigenvalue weighted by atomic mass is 10.3. The van der Waals surface area contributed by atoms with Crippen LogP contribution in [0.15, 0.2) is 36.9 Å². The molecule has 0 saturated heterocycles. The summed E-state index contributed by atoms with van der Waals surface area (Å²) in [5.41, 5.74) is 0.545. The van der Waals surface area contributed by atoms with Crippen LogP contribution in [0.4, 0.5) is 10.5 Å². The van der Waals surface area contributed by atoms with Gasteiger partial charge in [0.2, 0.25) is 0 Å². The normalized spacial score (nSPS) is 9.61.